The van der Waals surface area contributed by atoms with E-state index in [9.17, 15) is 9.90 Å². The summed E-state index contributed by atoms with van der Waals surface area (Å²) in [4.78, 5) is 11.4. The molecule has 0 fully saturated rings. The molecule has 2 heterocycles. The van der Waals surface area contributed by atoms with E-state index in [0.717, 1.165) is 35.8 Å². The van der Waals surface area contributed by atoms with E-state index in [1.165, 1.54) is 17.7 Å². The van der Waals surface area contributed by atoms with Crippen LogP contribution in [0, 0.1) is 6.92 Å². The molecule has 0 spiro atoms. The lowest BCUT2D eigenvalue weighted by molar-refractivity contribution is 0.0697. The van der Waals surface area contributed by atoms with Gasteiger partial charge in [0.25, 0.3) is 0 Å². The molecule has 0 radical (unpaired) electrons. The second-order valence-electron chi connectivity index (χ2n) is 7.02. The quantitative estimate of drug-likeness (QED) is 0.423. The van der Waals surface area contributed by atoms with Crippen LogP contribution < -0.4 is 5.32 Å². The van der Waals surface area contributed by atoms with Gasteiger partial charge in [-0.15, -0.1) is 0 Å². The fraction of sp³-hybridized carbons (Fsp3) is 0.320. The minimum atomic E-state index is -0.916. The van der Waals surface area contributed by atoms with Crippen LogP contribution in [0.1, 0.15) is 48.3 Å². The third kappa shape index (κ3) is 6.28. The second-order valence-corrected chi connectivity index (χ2v) is 7.89. The van der Waals surface area contributed by atoms with Gasteiger partial charge in [-0.3, -0.25) is 0 Å². The second kappa shape index (κ2) is 11.8. The highest BCUT2D eigenvalue weighted by atomic mass is 35.5. The fourth-order valence-electron chi connectivity index (χ4n) is 3.63. The Morgan fingerprint density at radius 2 is 1.65 bits per heavy atom. The van der Waals surface area contributed by atoms with Crippen LogP contribution in [0.2, 0.25) is 10.0 Å². The van der Waals surface area contributed by atoms with E-state index in [1.54, 1.807) is 18.2 Å². The zero-order valence-corrected chi connectivity index (χ0v) is 20.0. The number of nitrogens with zero attached hydrogens (tertiary/aromatic N) is 1. The fourth-order valence-corrected chi connectivity index (χ4v) is 3.93. The van der Waals surface area contributed by atoms with E-state index in [-0.39, 0.29) is 0 Å². The lowest BCUT2D eigenvalue weighted by Gasteiger charge is -2.19. The van der Waals surface area contributed by atoms with Crippen molar-refractivity contribution in [2.45, 2.75) is 46.6 Å². The highest BCUT2D eigenvalue weighted by Gasteiger charge is 2.20. The molecule has 1 aliphatic rings. The van der Waals surface area contributed by atoms with Crippen LogP contribution in [0.5, 0.6) is 0 Å². The van der Waals surface area contributed by atoms with Gasteiger partial charge in [-0.1, -0.05) is 37.0 Å². The van der Waals surface area contributed by atoms with E-state index >= 15 is 0 Å². The Labute approximate surface area is 194 Å². The number of carboxylic acid groups (broad SMARTS) is 1. The molecule has 4 rings (SSSR count). The summed E-state index contributed by atoms with van der Waals surface area (Å²) in [6.07, 6.45) is 3.40. The maximum Gasteiger partial charge on any atom is 0.336 e. The maximum absolute atomic E-state index is 11.4. The van der Waals surface area contributed by atoms with Crippen molar-refractivity contribution in [2.75, 3.05) is 12.4 Å². The van der Waals surface area contributed by atoms with E-state index in [4.69, 9.17) is 23.2 Å². The molecule has 2 N–H and O–H groups in total. The van der Waals surface area contributed by atoms with Crippen LogP contribution in [0.15, 0.2) is 48.5 Å². The number of aromatic nitrogens is 1. The first kappa shape index (κ1) is 24.8. The monoisotopic (exact) mass is 460 g/mol. The van der Waals surface area contributed by atoms with Crippen LogP contribution in [-0.4, -0.2) is 22.7 Å². The minimum Gasteiger partial charge on any atom is -0.478 e. The smallest absolute Gasteiger partial charge is 0.336 e. The van der Waals surface area contributed by atoms with Gasteiger partial charge in [0.15, 0.2) is 0 Å². The first-order valence-corrected chi connectivity index (χ1v) is 11.3. The average molecular weight is 461 g/mol. The Bertz CT molecular complexity index is 1010. The lowest BCUT2D eigenvalue weighted by atomic mass is 10.0. The number of fused-ring (bicyclic) bond motifs is 1. The number of anilines is 1. The molecule has 1 aliphatic heterocycles. The Morgan fingerprint density at radius 1 is 1.00 bits per heavy atom. The van der Waals surface area contributed by atoms with Crippen molar-refractivity contribution >= 4 is 34.9 Å². The Morgan fingerprint density at radius 3 is 2.26 bits per heavy atom. The first-order chi connectivity index (χ1) is 14.9. The number of aromatic carboxylic acids is 1. The summed E-state index contributed by atoms with van der Waals surface area (Å²) in [6, 6.07) is 14.6. The molecule has 6 heteroatoms. The molecule has 0 unspecified atom stereocenters. The van der Waals surface area contributed by atoms with Crippen LogP contribution in [0.25, 0.3) is 11.3 Å². The van der Waals surface area contributed by atoms with E-state index in [1.807, 2.05) is 45.2 Å². The van der Waals surface area contributed by atoms with Crippen molar-refractivity contribution < 1.29 is 9.90 Å². The molecule has 0 saturated carbocycles. The summed E-state index contributed by atoms with van der Waals surface area (Å²) >= 11 is 11.7. The highest BCUT2D eigenvalue weighted by Crippen LogP contribution is 2.33. The van der Waals surface area contributed by atoms with Gasteiger partial charge in [0, 0.05) is 46.3 Å². The third-order valence-corrected chi connectivity index (χ3v) is 5.58. The average Bonchev–Trinajstić information content (AvgIpc) is 3.12. The van der Waals surface area contributed by atoms with E-state index in [2.05, 4.69) is 22.9 Å². The molecular formula is C25H30Cl2N2O2. The normalized spacial score (nSPS) is 11.9. The largest absolute Gasteiger partial charge is 0.478 e. The SMILES string of the molecule is CC.CNc1ccc(Cl)cc1.Cc1cc(-c2cc(Cl)ccc2C(=O)O)n2c1CCCC2. The summed E-state index contributed by atoms with van der Waals surface area (Å²) in [6.45, 7) is 7.04. The molecule has 0 saturated heterocycles. The van der Waals surface area contributed by atoms with Crippen LogP contribution in [-0.2, 0) is 13.0 Å². The highest BCUT2D eigenvalue weighted by molar-refractivity contribution is 6.31. The van der Waals surface area contributed by atoms with Crippen LogP contribution in [0.3, 0.4) is 0 Å². The number of hydrogen-bond donors (Lipinski definition) is 2. The van der Waals surface area contributed by atoms with Gasteiger partial charge in [0.2, 0.25) is 0 Å². The van der Waals surface area contributed by atoms with Crippen LogP contribution >= 0.6 is 23.2 Å². The summed E-state index contributed by atoms with van der Waals surface area (Å²) < 4.78 is 2.25. The molecule has 0 amide bonds. The number of benzene rings is 2. The number of aryl methyl sites for hydroxylation is 1. The summed E-state index contributed by atoms with van der Waals surface area (Å²) in [5.74, 6) is -0.916. The maximum atomic E-state index is 11.4. The van der Waals surface area contributed by atoms with Gasteiger partial charge >= 0.3 is 5.97 Å². The molecular weight excluding hydrogens is 431 g/mol. The zero-order chi connectivity index (χ0) is 23.0. The number of carboxylic acids is 1. The van der Waals surface area contributed by atoms with Gasteiger partial charge < -0.3 is 15.0 Å². The Balaban J connectivity index is 0.000000261. The van der Waals surface area contributed by atoms with Crippen molar-refractivity contribution in [3.63, 3.8) is 0 Å². The number of rotatable bonds is 3. The molecule has 3 aromatic rings. The zero-order valence-electron chi connectivity index (χ0n) is 18.5. The standard InChI is InChI=1S/C16H16ClNO2.C7H8ClN.C2H6/c1-10-8-15(18-7-3-2-4-14(10)18)13-9-11(17)5-6-12(13)16(19)20;1-9-7-4-2-6(8)3-5-7;1-2/h5-6,8-9H,2-4,7H2,1H3,(H,19,20);2-5,9H,1H3;1-2H3. The number of halogens is 2. The molecule has 0 bridgehead atoms. The third-order valence-electron chi connectivity index (χ3n) is 5.09. The predicted octanol–water partition coefficient (Wildman–Crippen LogP) is 7.56. The molecule has 0 atom stereocenters. The van der Waals surface area contributed by atoms with Crippen molar-refractivity contribution in [1.82, 2.24) is 4.57 Å². The minimum absolute atomic E-state index is 0.306. The number of hydrogen-bond acceptors (Lipinski definition) is 2. The van der Waals surface area contributed by atoms with Gasteiger partial charge in [-0.2, -0.15) is 0 Å². The van der Waals surface area contributed by atoms with Gasteiger partial charge in [0.1, 0.15) is 0 Å². The van der Waals surface area contributed by atoms with Gasteiger partial charge in [0.05, 0.1) is 5.56 Å². The summed E-state index contributed by atoms with van der Waals surface area (Å²) in [7, 11) is 1.88. The molecule has 4 nitrogen and oxygen atoms in total. The van der Waals surface area contributed by atoms with E-state index in [0.29, 0.717) is 16.1 Å². The van der Waals surface area contributed by atoms with Crippen molar-refractivity contribution in [3.05, 3.63) is 75.4 Å². The Hall–Kier alpha value is -2.43. The van der Waals surface area contributed by atoms with Crippen LogP contribution in [0.4, 0.5) is 5.69 Å². The number of nitrogens with one attached hydrogen (secondary N) is 1. The van der Waals surface area contributed by atoms with Crippen molar-refractivity contribution in [1.29, 1.82) is 0 Å². The topological polar surface area (TPSA) is 54.3 Å². The lowest BCUT2D eigenvalue weighted by Crippen LogP contribution is -2.12. The molecule has 166 valence electrons. The molecule has 31 heavy (non-hydrogen) atoms. The predicted molar refractivity (Wildman–Crippen MR) is 132 cm³/mol. The van der Waals surface area contributed by atoms with Gasteiger partial charge in [-0.25, -0.2) is 4.79 Å². The Kier molecular flexibility index (Phi) is 9.47. The summed E-state index contributed by atoms with van der Waals surface area (Å²) in [5.41, 5.74) is 5.62. The van der Waals surface area contributed by atoms with E-state index < -0.39 is 5.97 Å². The first-order valence-electron chi connectivity index (χ1n) is 10.6. The molecule has 1 aromatic heterocycles. The molecule has 2 aromatic carbocycles. The number of carbonyl (C=O) groups is 1. The van der Waals surface area contributed by atoms with Crippen molar-refractivity contribution in [3.8, 4) is 11.3 Å². The summed E-state index contributed by atoms with van der Waals surface area (Å²) in [5, 5.41) is 13.7. The van der Waals surface area contributed by atoms with Gasteiger partial charge in [-0.05, 0) is 80.3 Å². The molecule has 0 aliphatic carbocycles. The van der Waals surface area contributed by atoms with Crippen molar-refractivity contribution in [2.24, 2.45) is 0 Å².